The molecule has 0 radical (unpaired) electrons. The molecule has 1 aliphatic rings. The van der Waals surface area contributed by atoms with Crippen LogP contribution in [0.1, 0.15) is 21.5 Å². The van der Waals surface area contributed by atoms with E-state index in [-0.39, 0.29) is 11.8 Å². The van der Waals surface area contributed by atoms with Crippen molar-refractivity contribution in [3.05, 3.63) is 89.2 Å². The first-order valence-corrected chi connectivity index (χ1v) is 8.92. The second-order valence-electron chi connectivity index (χ2n) is 6.51. The van der Waals surface area contributed by atoms with E-state index in [2.05, 4.69) is 10.6 Å². The number of nitrogens with one attached hydrogen (secondary N) is 2. The van der Waals surface area contributed by atoms with E-state index < -0.39 is 5.82 Å². The Morgan fingerprint density at radius 3 is 2.62 bits per heavy atom. The van der Waals surface area contributed by atoms with Crippen LogP contribution in [0.15, 0.2) is 66.7 Å². The van der Waals surface area contributed by atoms with E-state index in [0.29, 0.717) is 39.4 Å². The molecule has 0 unspecified atom stereocenters. The van der Waals surface area contributed by atoms with Gasteiger partial charge in [-0.3, -0.25) is 9.59 Å². The third-order valence-corrected chi connectivity index (χ3v) is 4.57. The number of carbonyl (C=O) groups excluding carboxylic acids is 2. The van der Waals surface area contributed by atoms with Crippen molar-refractivity contribution in [1.29, 1.82) is 0 Å². The van der Waals surface area contributed by atoms with Crippen LogP contribution in [0, 0.1) is 5.82 Å². The van der Waals surface area contributed by atoms with E-state index in [0.717, 1.165) is 0 Å². The second kappa shape index (κ2) is 7.59. The van der Waals surface area contributed by atoms with Gasteiger partial charge < -0.3 is 15.4 Å². The Labute approximate surface area is 166 Å². The first kappa shape index (κ1) is 18.4. The normalized spacial score (nSPS) is 13.7. The number of amides is 2. The largest absolute Gasteiger partial charge is 0.497 e. The van der Waals surface area contributed by atoms with Gasteiger partial charge in [0.15, 0.2) is 0 Å². The zero-order valence-electron chi connectivity index (χ0n) is 15.5. The van der Waals surface area contributed by atoms with E-state index in [1.165, 1.54) is 18.2 Å². The lowest BCUT2D eigenvalue weighted by molar-refractivity contribution is -0.110. The molecule has 6 heteroatoms. The van der Waals surface area contributed by atoms with Crippen molar-refractivity contribution in [3.63, 3.8) is 0 Å². The van der Waals surface area contributed by atoms with E-state index in [9.17, 15) is 14.0 Å². The summed E-state index contributed by atoms with van der Waals surface area (Å²) in [6.45, 7) is 0. The van der Waals surface area contributed by atoms with Crippen LogP contribution >= 0.6 is 0 Å². The Bertz CT molecular complexity index is 1140. The molecule has 2 N–H and O–H groups in total. The Morgan fingerprint density at radius 2 is 1.86 bits per heavy atom. The summed E-state index contributed by atoms with van der Waals surface area (Å²) in [7, 11) is 1.56. The molecular formula is C23H17FN2O3. The molecule has 0 fully saturated rings. The molecule has 0 atom stereocenters. The highest BCUT2D eigenvalue weighted by molar-refractivity contribution is 6.34. The van der Waals surface area contributed by atoms with Crippen LogP contribution in [-0.4, -0.2) is 18.9 Å². The van der Waals surface area contributed by atoms with E-state index >= 15 is 0 Å². The molecule has 1 aliphatic heterocycles. The predicted octanol–water partition coefficient (Wildman–Crippen LogP) is 4.58. The standard InChI is InChI=1S/C23H17FN2O3/c1-29-18-8-5-15(6-9-18)22(27)25-17-4-2-3-14(11-17)12-20-19-13-16(24)7-10-21(19)26-23(20)28/h2-13H,1H3,(H,25,27)(H,26,28). The van der Waals surface area contributed by atoms with Crippen LogP contribution in [-0.2, 0) is 4.79 Å². The van der Waals surface area contributed by atoms with Gasteiger partial charge in [-0.2, -0.15) is 0 Å². The molecular weight excluding hydrogens is 371 g/mol. The molecule has 0 aliphatic carbocycles. The molecule has 4 rings (SSSR count). The number of anilines is 2. The lowest BCUT2D eigenvalue weighted by Crippen LogP contribution is -2.11. The number of halogens is 1. The number of benzene rings is 3. The topological polar surface area (TPSA) is 67.4 Å². The molecule has 0 spiro atoms. The molecule has 3 aromatic rings. The van der Waals surface area contributed by atoms with Gasteiger partial charge >= 0.3 is 0 Å². The Kier molecular flexibility index (Phi) is 4.83. The quantitative estimate of drug-likeness (QED) is 0.643. The Morgan fingerprint density at radius 1 is 1.07 bits per heavy atom. The zero-order chi connectivity index (χ0) is 20.4. The number of fused-ring (bicyclic) bond motifs is 1. The first-order valence-electron chi connectivity index (χ1n) is 8.92. The Balaban J connectivity index is 1.58. The summed E-state index contributed by atoms with van der Waals surface area (Å²) in [5, 5.41) is 5.55. The van der Waals surface area contributed by atoms with Gasteiger partial charge in [0.2, 0.25) is 0 Å². The maximum Gasteiger partial charge on any atom is 0.256 e. The number of hydrogen-bond donors (Lipinski definition) is 2. The minimum Gasteiger partial charge on any atom is -0.497 e. The Hall–Kier alpha value is -3.93. The highest BCUT2D eigenvalue weighted by Gasteiger charge is 2.24. The van der Waals surface area contributed by atoms with E-state index in [1.807, 2.05) is 0 Å². The molecule has 5 nitrogen and oxygen atoms in total. The number of ether oxygens (including phenoxy) is 1. The van der Waals surface area contributed by atoms with E-state index in [4.69, 9.17) is 4.74 Å². The van der Waals surface area contributed by atoms with Crippen molar-refractivity contribution < 1.29 is 18.7 Å². The van der Waals surface area contributed by atoms with Crippen LogP contribution in [0.25, 0.3) is 11.6 Å². The van der Waals surface area contributed by atoms with Gasteiger partial charge in [0.1, 0.15) is 11.6 Å². The van der Waals surface area contributed by atoms with Crippen LogP contribution in [0.5, 0.6) is 5.75 Å². The molecule has 0 bridgehead atoms. The number of rotatable bonds is 4. The van der Waals surface area contributed by atoms with Crippen molar-refractivity contribution in [3.8, 4) is 5.75 Å². The van der Waals surface area contributed by atoms with Crippen molar-refractivity contribution in [2.24, 2.45) is 0 Å². The molecule has 29 heavy (non-hydrogen) atoms. The van der Waals surface area contributed by atoms with Crippen molar-refractivity contribution >= 4 is 34.8 Å². The SMILES string of the molecule is COc1ccc(C(=O)Nc2cccc(C=C3C(=O)Nc4ccc(F)cc43)c2)cc1. The zero-order valence-corrected chi connectivity index (χ0v) is 15.5. The summed E-state index contributed by atoms with van der Waals surface area (Å²) in [5.74, 6) is -0.296. The summed E-state index contributed by atoms with van der Waals surface area (Å²) >= 11 is 0. The fourth-order valence-electron chi connectivity index (χ4n) is 3.12. The molecule has 0 aromatic heterocycles. The van der Waals surface area contributed by atoms with Crippen LogP contribution in [0.2, 0.25) is 0 Å². The number of carbonyl (C=O) groups is 2. The maximum atomic E-state index is 13.6. The summed E-state index contributed by atoms with van der Waals surface area (Å²) in [4.78, 5) is 24.7. The van der Waals surface area contributed by atoms with E-state index in [1.54, 1.807) is 61.7 Å². The third kappa shape index (κ3) is 3.87. The molecule has 2 amide bonds. The molecule has 0 saturated heterocycles. The van der Waals surface area contributed by atoms with Gasteiger partial charge in [0.05, 0.1) is 7.11 Å². The summed E-state index contributed by atoms with van der Waals surface area (Å²) in [6.07, 6.45) is 1.67. The summed E-state index contributed by atoms with van der Waals surface area (Å²) in [5.41, 5.74) is 3.25. The molecule has 3 aromatic carbocycles. The fraction of sp³-hybridized carbons (Fsp3) is 0.0435. The van der Waals surface area contributed by atoms with Crippen LogP contribution < -0.4 is 15.4 Å². The maximum absolute atomic E-state index is 13.6. The molecule has 144 valence electrons. The molecule has 0 saturated carbocycles. The highest BCUT2D eigenvalue weighted by atomic mass is 19.1. The highest BCUT2D eigenvalue weighted by Crippen LogP contribution is 2.33. The average molecular weight is 388 g/mol. The predicted molar refractivity (Wildman–Crippen MR) is 110 cm³/mol. The lowest BCUT2D eigenvalue weighted by Gasteiger charge is -2.07. The van der Waals surface area contributed by atoms with Crippen molar-refractivity contribution in [2.75, 3.05) is 17.7 Å². The monoisotopic (exact) mass is 388 g/mol. The van der Waals surface area contributed by atoms with Gasteiger partial charge in [-0.1, -0.05) is 12.1 Å². The minimum absolute atomic E-state index is 0.261. The fourth-order valence-corrected chi connectivity index (χ4v) is 3.12. The van der Waals surface area contributed by atoms with Gasteiger partial charge in [-0.05, 0) is 66.2 Å². The number of methoxy groups -OCH3 is 1. The first-order chi connectivity index (χ1) is 14.0. The van der Waals surface area contributed by atoms with Crippen molar-refractivity contribution in [2.45, 2.75) is 0 Å². The minimum atomic E-state index is -0.411. The van der Waals surface area contributed by atoms with Gasteiger partial charge in [0.25, 0.3) is 11.8 Å². The van der Waals surface area contributed by atoms with Gasteiger partial charge in [-0.15, -0.1) is 0 Å². The van der Waals surface area contributed by atoms with Crippen LogP contribution in [0.4, 0.5) is 15.8 Å². The summed E-state index contributed by atoms with van der Waals surface area (Å²) in [6, 6.07) is 18.0. The smallest absolute Gasteiger partial charge is 0.256 e. The number of hydrogen-bond acceptors (Lipinski definition) is 3. The van der Waals surface area contributed by atoms with Crippen LogP contribution in [0.3, 0.4) is 0 Å². The molecule has 1 heterocycles. The average Bonchev–Trinajstić information content (AvgIpc) is 3.03. The second-order valence-corrected chi connectivity index (χ2v) is 6.51. The van der Waals surface area contributed by atoms with Gasteiger partial charge in [-0.25, -0.2) is 4.39 Å². The lowest BCUT2D eigenvalue weighted by atomic mass is 10.0. The van der Waals surface area contributed by atoms with Crippen molar-refractivity contribution in [1.82, 2.24) is 0 Å². The van der Waals surface area contributed by atoms with Gasteiger partial charge in [0, 0.05) is 28.1 Å². The summed E-state index contributed by atoms with van der Waals surface area (Å²) < 4.78 is 18.7. The third-order valence-electron chi connectivity index (χ3n) is 4.57.